The van der Waals surface area contributed by atoms with Gasteiger partial charge in [-0.05, 0) is 54.3 Å². The number of nitrogens with zero attached hydrogens (tertiary/aromatic N) is 1. The van der Waals surface area contributed by atoms with Gasteiger partial charge in [-0.15, -0.1) is 0 Å². The molecule has 0 saturated heterocycles. The Bertz CT molecular complexity index is 619. The van der Waals surface area contributed by atoms with E-state index in [1.165, 1.54) is 5.56 Å². The Hall–Kier alpha value is -2.33. The van der Waals surface area contributed by atoms with Crippen molar-refractivity contribution >= 4 is 11.5 Å². The van der Waals surface area contributed by atoms with Crippen molar-refractivity contribution in [3.8, 4) is 5.75 Å². The third-order valence-electron chi connectivity index (χ3n) is 3.78. The molecular formula is C18H22N2O2. The molecule has 0 bridgehead atoms. The molecule has 2 N–H and O–H groups in total. The molecule has 116 valence electrons. The van der Waals surface area contributed by atoms with Crippen LogP contribution in [0.4, 0.5) is 5.69 Å². The van der Waals surface area contributed by atoms with Gasteiger partial charge in [-0.2, -0.15) is 0 Å². The van der Waals surface area contributed by atoms with Gasteiger partial charge in [0.15, 0.2) is 5.84 Å². The SMILES string of the molecule is CC[C@@H](C)c1ccc(N=C(NO)c2ccc(OC)cc2)cc1. The van der Waals surface area contributed by atoms with Gasteiger partial charge in [0.1, 0.15) is 5.75 Å². The topological polar surface area (TPSA) is 53.9 Å². The predicted octanol–water partition coefficient (Wildman–Crippen LogP) is 4.27. The molecule has 0 unspecified atom stereocenters. The Morgan fingerprint density at radius 2 is 1.77 bits per heavy atom. The van der Waals surface area contributed by atoms with Crippen LogP contribution < -0.4 is 10.2 Å². The first-order chi connectivity index (χ1) is 10.7. The second kappa shape index (κ2) is 7.61. The Kier molecular flexibility index (Phi) is 5.55. The van der Waals surface area contributed by atoms with Crippen molar-refractivity contribution in [2.75, 3.05) is 7.11 Å². The maximum Gasteiger partial charge on any atom is 0.157 e. The fraction of sp³-hybridized carbons (Fsp3) is 0.278. The molecule has 0 saturated carbocycles. The second-order valence-corrected chi connectivity index (χ2v) is 5.20. The van der Waals surface area contributed by atoms with Gasteiger partial charge in [0, 0.05) is 5.56 Å². The van der Waals surface area contributed by atoms with Gasteiger partial charge in [-0.25, -0.2) is 4.99 Å². The van der Waals surface area contributed by atoms with Crippen LogP contribution in [0.5, 0.6) is 5.75 Å². The minimum atomic E-state index is 0.402. The van der Waals surface area contributed by atoms with E-state index in [0.717, 1.165) is 23.4 Å². The lowest BCUT2D eigenvalue weighted by molar-refractivity contribution is 0.235. The van der Waals surface area contributed by atoms with Gasteiger partial charge < -0.3 is 4.74 Å². The molecule has 22 heavy (non-hydrogen) atoms. The van der Waals surface area contributed by atoms with Crippen molar-refractivity contribution in [3.05, 3.63) is 59.7 Å². The van der Waals surface area contributed by atoms with Crippen LogP contribution >= 0.6 is 0 Å². The number of ether oxygens (including phenoxy) is 1. The average Bonchev–Trinajstić information content (AvgIpc) is 2.59. The van der Waals surface area contributed by atoms with Crippen LogP contribution in [0.15, 0.2) is 53.5 Å². The summed E-state index contributed by atoms with van der Waals surface area (Å²) in [6.45, 7) is 4.38. The molecule has 0 aromatic heterocycles. The Balaban J connectivity index is 2.23. The van der Waals surface area contributed by atoms with Crippen LogP contribution in [-0.4, -0.2) is 18.2 Å². The molecule has 4 nitrogen and oxygen atoms in total. The molecule has 0 aliphatic rings. The zero-order valence-electron chi connectivity index (χ0n) is 13.2. The van der Waals surface area contributed by atoms with Crippen molar-refractivity contribution in [2.24, 2.45) is 4.99 Å². The number of hydroxylamine groups is 1. The number of nitrogens with one attached hydrogen (secondary N) is 1. The Morgan fingerprint density at radius 3 is 2.27 bits per heavy atom. The van der Waals surface area contributed by atoms with E-state index in [-0.39, 0.29) is 0 Å². The fourth-order valence-corrected chi connectivity index (χ4v) is 2.15. The quantitative estimate of drug-likeness (QED) is 0.492. The molecule has 2 aromatic carbocycles. The van der Waals surface area contributed by atoms with Gasteiger partial charge >= 0.3 is 0 Å². The monoisotopic (exact) mass is 298 g/mol. The van der Waals surface area contributed by atoms with Crippen molar-refractivity contribution in [2.45, 2.75) is 26.2 Å². The van der Waals surface area contributed by atoms with E-state index in [0.29, 0.717) is 11.8 Å². The molecular weight excluding hydrogens is 276 g/mol. The molecule has 0 radical (unpaired) electrons. The van der Waals surface area contributed by atoms with Gasteiger partial charge in [0.05, 0.1) is 12.8 Å². The van der Waals surface area contributed by atoms with Crippen LogP contribution in [-0.2, 0) is 0 Å². The van der Waals surface area contributed by atoms with Crippen molar-refractivity contribution in [1.29, 1.82) is 0 Å². The Morgan fingerprint density at radius 1 is 1.14 bits per heavy atom. The Labute approximate surface area is 131 Å². The number of aliphatic imine (C=N–C) groups is 1. The highest BCUT2D eigenvalue weighted by Crippen LogP contribution is 2.22. The van der Waals surface area contributed by atoms with Gasteiger partial charge in [0.2, 0.25) is 0 Å². The van der Waals surface area contributed by atoms with E-state index in [1.54, 1.807) is 7.11 Å². The zero-order valence-corrected chi connectivity index (χ0v) is 13.2. The van der Waals surface area contributed by atoms with E-state index in [9.17, 15) is 5.21 Å². The van der Waals surface area contributed by atoms with Crippen molar-refractivity contribution < 1.29 is 9.94 Å². The summed E-state index contributed by atoms with van der Waals surface area (Å²) in [5, 5.41) is 9.34. The smallest absolute Gasteiger partial charge is 0.157 e. The van der Waals surface area contributed by atoms with E-state index < -0.39 is 0 Å². The molecule has 0 spiro atoms. The molecule has 2 aromatic rings. The molecule has 0 heterocycles. The summed E-state index contributed by atoms with van der Waals surface area (Å²) in [5.41, 5.74) is 5.04. The standard InChI is InChI=1S/C18H22N2O2/c1-4-13(2)14-5-9-16(10-6-14)19-18(20-21)15-7-11-17(22-3)12-8-15/h5-13,21H,4H2,1-3H3,(H,19,20)/t13-/m1/s1. The largest absolute Gasteiger partial charge is 0.497 e. The third-order valence-corrected chi connectivity index (χ3v) is 3.78. The van der Waals surface area contributed by atoms with Gasteiger partial charge in [-0.3, -0.25) is 10.7 Å². The maximum atomic E-state index is 9.34. The van der Waals surface area contributed by atoms with Crippen LogP contribution in [0.25, 0.3) is 0 Å². The van der Waals surface area contributed by atoms with Crippen LogP contribution in [0.1, 0.15) is 37.3 Å². The van der Waals surface area contributed by atoms with Crippen molar-refractivity contribution in [3.63, 3.8) is 0 Å². The number of benzene rings is 2. The number of amidine groups is 1. The fourth-order valence-electron chi connectivity index (χ4n) is 2.15. The highest BCUT2D eigenvalue weighted by Gasteiger charge is 2.05. The molecule has 0 fully saturated rings. The molecule has 4 heteroatoms. The average molecular weight is 298 g/mol. The minimum absolute atomic E-state index is 0.402. The van der Waals surface area contributed by atoms with E-state index in [2.05, 4.69) is 36.5 Å². The number of rotatable bonds is 5. The summed E-state index contributed by atoms with van der Waals surface area (Å²) < 4.78 is 5.12. The summed E-state index contributed by atoms with van der Waals surface area (Å²) in [7, 11) is 1.62. The first-order valence-corrected chi connectivity index (χ1v) is 7.41. The lowest BCUT2D eigenvalue weighted by atomic mass is 9.99. The number of hydrogen-bond donors (Lipinski definition) is 2. The molecule has 0 aliphatic carbocycles. The molecule has 1 atom stereocenters. The predicted molar refractivity (Wildman–Crippen MR) is 89.3 cm³/mol. The van der Waals surface area contributed by atoms with Crippen LogP contribution in [0, 0.1) is 0 Å². The number of methoxy groups -OCH3 is 1. The molecule has 2 rings (SSSR count). The number of hydrogen-bond acceptors (Lipinski definition) is 3. The first-order valence-electron chi connectivity index (χ1n) is 7.41. The summed E-state index contributed by atoms with van der Waals surface area (Å²) >= 11 is 0. The van der Waals surface area contributed by atoms with Crippen LogP contribution in [0.3, 0.4) is 0 Å². The van der Waals surface area contributed by atoms with Crippen LogP contribution in [0.2, 0.25) is 0 Å². The highest BCUT2D eigenvalue weighted by molar-refractivity contribution is 5.99. The maximum absolute atomic E-state index is 9.34. The summed E-state index contributed by atoms with van der Waals surface area (Å²) in [5.74, 6) is 1.70. The molecule has 0 amide bonds. The van der Waals surface area contributed by atoms with Gasteiger partial charge in [0.25, 0.3) is 0 Å². The summed E-state index contributed by atoms with van der Waals surface area (Å²) in [6.07, 6.45) is 1.11. The normalized spacial score (nSPS) is 12.8. The molecule has 0 aliphatic heterocycles. The lowest BCUT2D eigenvalue weighted by Crippen LogP contribution is -2.19. The first kappa shape index (κ1) is 16.0. The summed E-state index contributed by atoms with van der Waals surface area (Å²) in [6, 6.07) is 15.4. The van der Waals surface area contributed by atoms with Crippen molar-refractivity contribution in [1.82, 2.24) is 5.48 Å². The third kappa shape index (κ3) is 3.86. The zero-order chi connectivity index (χ0) is 15.9. The van der Waals surface area contributed by atoms with Gasteiger partial charge in [-0.1, -0.05) is 26.0 Å². The van der Waals surface area contributed by atoms with E-state index >= 15 is 0 Å². The summed E-state index contributed by atoms with van der Waals surface area (Å²) in [4.78, 5) is 4.44. The van der Waals surface area contributed by atoms with E-state index in [4.69, 9.17) is 4.74 Å². The lowest BCUT2D eigenvalue weighted by Gasteiger charge is -2.09. The highest BCUT2D eigenvalue weighted by atomic mass is 16.5. The van der Waals surface area contributed by atoms with E-state index in [1.807, 2.05) is 36.4 Å². The minimum Gasteiger partial charge on any atom is -0.497 e. The second-order valence-electron chi connectivity index (χ2n) is 5.20.